The molecule has 1 saturated heterocycles. The van der Waals surface area contributed by atoms with Gasteiger partial charge in [0.05, 0.1) is 6.26 Å². The molecule has 0 aliphatic carbocycles. The van der Waals surface area contributed by atoms with E-state index in [1.807, 2.05) is 24.0 Å². The van der Waals surface area contributed by atoms with Gasteiger partial charge < -0.3 is 20.0 Å². The second-order valence-electron chi connectivity index (χ2n) is 6.20. The Hall–Kier alpha value is -1.98. The molecule has 1 fully saturated rings. The second kappa shape index (κ2) is 10.0. The minimum atomic E-state index is 0.237. The van der Waals surface area contributed by atoms with Gasteiger partial charge in [-0.05, 0) is 45.2 Å². The highest BCUT2D eigenvalue weighted by atomic mass is 16.3. The quantitative estimate of drug-likeness (QED) is 0.592. The molecule has 2 rings (SSSR count). The number of hydrogen-bond donors (Lipinski definition) is 2. The highest BCUT2D eigenvalue weighted by molar-refractivity contribution is 5.81. The number of nitrogens with zero attached hydrogens (tertiary/aromatic N) is 2. The molecule has 2 heterocycles. The lowest BCUT2D eigenvalue weighted by Crippen LogP contribution is -2.44. The van der Waals surface area contributed by atoms with Crippen LogP contribution in [0, 0.1) is 0 Å². The zero-order chi connectivity index (χ0) is 17.2. The van der Waals surface area contributed by atoms with Gasteiger partial charge in [-0.25, -0.2) is 0 Å². The van der Waals surface area contributed by atoms with E-state index in [9.17, 15) is 4.79 Å². The Morgan fingerprint density at radius 3 is 3.00 bits per heavy atom. The number of nitrogens with one attached hydrogen (secondary N) is 2. The zero-order valence-electron chi connectivity index (χ0n) is 14.9. The maximum Gasteiger partial charge on any atom is 0.224 e. The Labute approximate surface area is 144 Å². The van der Waals surface area contributed by atoms with Crippen LogP contribution in [0.4, 0.5) is 0 Å². The van der Waals surface area contributed by atoms with Crippen molar-refractivity contribution in [2.24, 2.45) is 4.99 Å². The van der Waals surface area contributed by atoms with Crippen LogP contribution < -0.4 is 10.6 Å². The molecule has 2 N–H and O–H groups in total. The van der Waals surface area contributed by atoms with Gasteiger partial charge in [-0.2, -0.15) is 0 Å². The SMILES string of the molecule is CCNC(=NCCc1ccco1)NCCC(=O)N1CCCCC1C. The fraction of sp³-hybridized carbons (Fsp3) is 0.667. The van der Waals surface area contributed by atoms with E-state index in [1.165, 1.54) is 6.42 Å². The summed E-state index contributed by atoms with van der Waals surface area (Å²) in [6.45, 7) is 7.13. The summed E-state index contributed by atoms with van der Waals surface area (Å²) in [7, 11) is 0. The first-order valence-corrected chi connectivity index (χ1v) is 9.04. The van der Waals surface area contributed by atoms with Gasteiger partial charge in [-0.3, -0.25) is 9.79 Å². The number of hydrogen-bond acceptors (Lipinski definition) is 3. The molecule has 134 valence electrons. The zero-order valence-corrected chi connectivity index (χ0v) is 14.9. The van der Waals surface area contributed by atoms with Gasteiger partial charge in [0.2, 0.25) is 5.91 Å². The molecule has 24 heavy (non-hydrogen) atoms. The molecule has 1 aromatic rings. The van der Waals surface area contributed by atoms with E-state index in [0.717, 1.165) is 44.1 Å². The summed E-state index contributed by atoms with van der Waals surface area (Å²) in [6, 6.07) is 4.21. The third-order valence-corrected chi connectivity index (χ3v) is 4.31. The Morgan fingerprint density at radius 2 is 2.29 bits per heavy atom. The first-order valence-electron chi connectivity index (χ1n) is 9.04. The Balaban J connectivity index is 1.72. The molecule has 6 nitrogen and oxygen atoms in total. The van der Waals surface area contributed by atoms with Crippen LogP contribution in [0.2, 0.25) is 0 Å². The fourth-order valence-electron chi connectivity index (χ4n) is 2.97. The summed E-state index contributed by atoms with van der Waals surface area (Å²) in [4.78, 5) is 18.9. The van der Waals surface area contributed by atoms with Crippen molar-refractivity contribution in [3.05, 3.63) is 24.2 Å². The summed E-state index contributed by atoms with van der Waals surface area (Å²) < 4.78 is 5.30. The lowest BCUT2D eigenvalue weighted by molar-refractivity contribution is -0.134. The van der Waals surface area contributed by atoms with E-state index in [1.54, 1.807) is 6.26 Å². The van der Waals surface area contributed by atoms with Crippen LogP contribution >= 0.6 is 0 Å². The van der Waals surface area contributed by atoms with Crippen molar-refractivity contribution >= 4 is 11.9 Å². The smallest absolute Gasteiger partial charge is 0.224 e. The minimum absolute atomic E-state index is 0.237. The van der Waals surface area contributed by atoms with Crippen LogP contribution in [-0.2, 0) is 11.2 Å². The van der Waals surface area contributed by atoms with Gasteiger partial charge >= 0.3 is 0 Å². The fourth-order valence-corrected chi connectivity index (χ4v) is 2.97. The number of carbonyl (C=O) groups excluding carboxylic acids is 1. The van der Waals surface area contributed by atoms with Crippen molar-refractivity contribution in [3.63, 3.8) is 0 Å². The van der Waals surface area contributed by atoms with Crippen molar-refractivity contribution in [1.29, 1.82) is 0 Å². The van der Waals surface area contributed by atoms with Crippen LogP contribution in [0.5, 0.6) is 0 Å². The first kappa shape index (κ1) is 18.4. The van der Waals surface area contributed by atoms with Crippen LogP contribution in [0.25, 0.3) is 0 Å². The van der Waals surface area contributed by atoms with Crippen molar-refractivity contribution < 1.29 is 9.21 Å². The molecule has 1 atom stereocenters. The molecule has 0 aromatic carbocycles. The van der Waals surface area contributed by atoms with Gasteiger partial charge in [0.25, 0.3) is 0 Å². The maximum atomic E-state index is 12.3. The average Bonchev–Trinajstić information content (AvgIpc) is 3.08. The molecule has 1 amide bonds. The summed E-state index contributed by atoms with van der Waals surface area (Å²) in [5.41, 5.74) is 0. The third kappa shape index (κ3) is 5.91. The van der Waals surface area contributed by atoms with Gasteiger partial charge in [0, 0.05) is 45.1 Å². The maximum absolute atomic E-state index is 12.3. The Kier molecular flexibility index (Phi) is 7.65. The summed E-state index contributed by atoms with van der Waals surface area (Å²) in [5.74, 6) is 1.92. The number of likely N-dealkylation sites (tertiary alicyclic amines) is 1. The third-order valence-electron chi connectivity index (χ3n) is 4.31. The first-order chi connectivity index (χ1) is 11.7. The number of furan rings is 1. The monoisotopic (exact) mass is 334 g/mol. The van der Waals surface area contributed by atoms with Crippen LogP contribution in [-0.4, -0.2) is 49.0 Å². The van der Waals surface area contributed by atoms with Crippen molar-refractivity contribution in [1.82, 2.24) is 15.5 Å². The predicted molar refractivity (Wildman–Crippen MR) is 96.0 cm³/mol. The largest absolute Gasteiger partial charge is 0.469 e. The molecular formula is C18H30N4O2. The predicted octanol–water partition coefficient (Wildman–Crippen LogP) is 2.17. The summed E-state index contributed by atoms with van der Waals surface area (Å²) in [5, 5.41) is 6.45. The van der Waals surface area contributed by atoms with E-state index < -0.39 is 0 Å². The Bertz CT molecular complexity index is 513. The molecule has 0 bridgehead atoms. The van der Waals surface area contributed by atoms with Crippen molar-refractivity contribution in [3.8, 4) is 0 Å². The standard InChI is InChI=1S/C18H30N4O2/c1-3-19-18(20-11-9-16-8-6-14-24-16)21-12-10-17(23)22-13-5-4-7-15(22)2/h6,8,14-15H,3-5,7,9-13H2,1-2H3,(H2,19,20,21). The number of amides is 1. The molecule has 1 unspecified atom stereocenters. The lowest BCUT2D eigenvalue weighted by atomic mass is 10.0. The number of carbonyl (C=O) groups is 1. The van der Waals surface area contributed by atoms with E-state index in [2.05, 4.69) is 22.5 Å². The molecule has 1 aliphatic rings. The van der Waals surface area contributed by atoms with Gasteiger partial charge in [-0.15, -0.1) is 0 Å². The van der Waals surface area contributed by atoms with Crippen LogP contribution in [0.1, 0.15) is 45.3 Å². The number of guanidine groups is 1. The van der Waals surface area contributed by atoms with Crippen LogP contribution in [0.15, 0.2) is 27.8 Å². The van der Waals surface area contributed by atoms with E-state index in [0.29, 0.717) is 25.6 Å². The van der Waals surface area contributed by atoms with E-state index in [-0.39, 0.29) is 5.91 Å². The summed E-state index contributed by atoms with van der Waals surface area (Å²) >= 11 is 0. The van der Waals surface area contributed by atoms with Crippen molar-refractivity contribution in [2.75, 3.05) is 26.2 Å². The number of rotatable bonds is 7. The van der Waals surface area contributed by atoms with E-state index >= 15 is 0 Å². The molecule has 0 spiro atoms. The highest BCUT2D eigenvalue weighted by Gasteiger charge is 2.22. The van der Waals surface area contributed by atoms with Crippen LogP contribution in [0.3, 0.4) is 0 Å². The van der Waals surface area contributed by atoms with Gasteiger partial charge in [0.15, 0.2) is 5.96 Å². The normalized spacial score (nSPS) is 18.5. The van der Waals surface area contributed by atoms with E-state index in [4.69, 9.17) is 4.42 Å². The summed E-state index contributed by atoms with van der Waals surface area (Å²) in [6.07, 6.45) is 6.43. The number of aliphatic imine (C=N–C) groups is 1. The molecule has 6 heteroatoms. The Morgan fingerprint density at radius 1 is 1.42 bits per heavy atom. The molecule has 1 aromatic heterocycles. The molecule has 0 saturated carbocycles. The molecule has 1 aliphatic heterocycles. The van der Waals surface area contributed by atoms with Gasteiger partial charge in [0.1, 0.15) is 5.76 Å². The number of piperidine rings is 1. The highest BCUT2D eigenvalue weighted by Crippen LogP contribution is 2.16. The second-order valence-corrected chi connectivity index (χ2v) is 6.20. The van der Waals surface area contributed by atoms with Gasteiger partial charge in [-0.1, -0.05) is 0 Å². The topological polar surface area (TPSA) is 69.9 Å². The molecule has 0 radical (unpaired) electrons. The molecular weight excluding hydrogens is 304 g/mol. The lowest BCUT2D eigenvalue weighted by Gasteiger charge is -2.33. The minimum Gasteiger partial charge on any atom is -0.469 e. The average molecular weight is 334 g/mol. The van der Waals surface area contributed by atoms with Crippen molar-refractivity contribution in [2.45, 2.75) is 52.0 Å².